The van der Waals surface area contributed by atoms with Gasteiger partial charge in [0, 0.05) is 18.5 Å². The summed E-state index contributed by atoms with van der Waals surface area (Å²) in [7, 11) is 0. The maximum Gasteiger partial charge on any atom is 0.309 e. The lowest BCUT2D eigenvalue weighted by Gasteiger charge is -2.36. The molecule has 3 heterocycles. The highest BCUT2D eigenvalue weighted by atomic mass is 16.6. The van der Waals surface area contributed by atoms with E-state index in [1.807, 2.05) is 45.0 Å². The first-order chi connectivity index (χ1) is 17.4. The Morgan fingerprint density at radius 2 is 1.95 bits per heavy atom. The van der Waals surface area contributed by atoms with Crippen LogP contribution in [0.25, 0.3) is 6.08 Å². The van der Waals surface area contributed by atoms with Crippen LogP contribution in [0.2, 0.25) is 0 Å². The van der Waals surface area contributed by atoms with Crippen molar-refractivity contribution in [2.24, 2.45) is 17.3 Å². The molecule has 1 aromatic rings. The Morgan fingerprint density at radius 1 is 1.22 bits per heavy atom. The third kappa shape index (κ3) is 7.27. The number of Topliss-reactive ketones (excluding diaryl/α,β-unsaturated/α-hetero) is 1. The van der Waals surface area contributed by atoms with Crippen LogP contribution in [-0.4, -0.2) is 57.0 Å². The van der Waals surface area contributed by atoms with E-state index in [1.54, 1.807) is 20.0 Å². The molecule has 7 heteroatoms. The Kier molecular flexibility index (Phi) is 9.70. The quantitative estimate of drug-likeness (QED) is 0.434. The molecule has 0 saturated carbocycles. The highest BCUT2D eigenvalue weighted by Gasteiger charge is 2.53. The molecule has 3 rings (SSSR count). The highest BCUT2D eigenvalue weighted by molar-refractivity contribution is 5.88. The van der Waals surface area contributed by atoms with Gasteiger partial charge in [-0.15, -0.1) is 0 Å². The van der Waals surface area contributed by atoms with Gasteiger partial charge in [-0.2, -0.15) is 0 Å². The number of aliphatic hydroxyl groups is 2. The number of cyclic esters (lactones) is 1. The number of hydrogen-bond donors (Lipinski definition) is 2. The molecule has 206 valence electrons. The van der Waals surface area contributed by atoms with Gasteiger partial charge in [0.25, 0.3) is 0 Å². The number of pyridine rings is 1. The second-order valence-electron chi connectivity index (χ2n) is 11.8. The molecular formula is C30H45NO6. The maximum atomic E-state index is 13.6. The van der Waals surface area contributed by atoms with Gasteiger partial charge >= 0.3 is 5.97 Å². The van der Waals surface area contributed by atoms with Crippen LogP contribution in [0.3, 0.4) is 0 Å². The molecule has 7 nitrogen and oxygen atoms in total. The molecule has 7 atom stereocenters. The van der Waals surface area contributed by atoms with Crippen molar-refractivity contribution < 1.29 is 29.3 Å². The summed E-state index contributed by atoms with van der Waals surface area (Å²) in [5, 5.41) is 22.2. The van der Waals surface area contributed by atoms with Gasteiger partial charge in [0.1, 0.15) is 11.9 Å². The first-order valence-electron chi connectivity index (χ1n) is 13.8. The van der Waals surface area contributed by atoms with Crippen molar-refractivity contribution >= 4 is 17.8 Å². The molecule has 0 amide bonds. The van der Waals surface area contributed by atoms with E-state index in [2.05, 4.69) is 11.9 Å². The van der Waals surface area contributed by atoms with Gasteiger partial charge in [0.05, 0.1) is 41.4 Å². The van der Waals surface area contributed by atoms with Crippen LogP contribution in [0.4, 0.5) is 0 Å². The lowest BCUT2D eigenvalue weighted by Crippen LogP contribution is -2.46. The van der Waals surface area contributed by atoms with Crippen molar-refractivity contribution in [1.29, 1.82) is 0 Å². The molecule has 0 spiro atoms. The summed E-state index contributed by atoms with van der Waals surface area (Å²) in [5.41, 5.74) is 0.0977. The summed E-state index contributed by atoms with van der Waals surface area (Å²) in [5.74, 6) is -1.43. The molecular weight excluding hydrogens is 470 g/mol. The molecule has 0 radical (unpaired) electrons. The van der Waals surface area contributed by atoms with Crippen LogP contribution < -0.4 is 0 Å². The molecule has 1 aromatic heterocycles. The minimum atomic E-state index is -1.23. The summed E-state index contributed by atoms with van der Waals surface area (Å²) >= 11 is 0. The summed E-state index contributed by atoms with van der Waals surface area (Å²) in [6.45, 7) is 11.3. The van der Waals surface area contributed by atoms with Crippen molar-refractivity contribution in [3.63, 3.8) is 0 Å². The van der Waals surface area contributed by atoms with Crippen LogP contribution in [0.15, 0.2) is 30.0 Å². The normalized spacial score (nSPS) is 35.9. The van der Waals surface area contributed by atoms with Crippen molar-refractivity contribution in [2.75, 3.05) is 0 Å². The molecule has 2 N–H and O–H groups in total. The number of aliphatic hydroxyl groups excluding tert-OH is 2. The fraction of sp³-hybridized carbons (Fsp3) is 0.700. The number of nitrogens with zero attached hydrogens (tertiary/aromatic N) is 1. The number of esters is 1. The van der Waals surface area contributed by atoms with Gasteiger partial charge in [-0.1, -0.05) is 46.6 Å². The number of ether oxygens (including phenoxy) is 2. The van der Waals surface area contributed by atoms with Crippen LogP contribution in [0.1, 0.15) is 92.2 Å². The third-order valence-corrected chi connectivity index (χ3v) is 8.40. The SMILES string of the molecule is CCC[C@H]1C(=O)C(C)(C)[C@@H](O)CC(=O)O[C@H](/C(C)=C/c2ccccn2)C[C@H]2O[C@]2(C)CCC[C@@H](C)[C@H]1O. The molecule has 2 aliphatic rings. The predicted molar refractivity (Wildman–Crippen MR) is 142 cm³/mol. The summed E-state index contributed by atoms with van der Waals surface area (Å²) in [6, 6.07) is 5.63. The first kappa shape index (κ1) is 29.5. The fourth-order valence-electron chi connectivity index (χ4n) is 5.49. The van der Waals surface area contributed by atoms with E-state index in [0.29, 0.717) is 12.8 Å². The average molecular weight is 516 g/mol. The Morgan fingerprint density at radius 3 is 2.59 bits per heavy atom. The van der Waals surface area contributed by atoms with Gasteiger partial charge in [-0.25, -0.2) is 0 Å². The Hall–Kier alpha value is -2.09. The fourth-order valence-corrected chi connectivity index (χ4v) is 5.49. The molecule has 2 fully saturated rings. The zero-order chi connectivity index (χ0) is 27.4. The Balaban J connectivity index is 1.88. The van der Waals surface area contributed by atoms with E-state index in [4.69, 9.17) is 9.47 Å². The zero-order valence-corrected chi connectivity index (χ0v) is 23.3. The van der Waals surface area contributed by atoms with Crippen LogP contribution in [-0.2, 0) is 19.1 Å². The van der Waals surface area contributed by atoms with Gasteiger partial charge in [0.15, 0.2) is 0 Å². The number of hydrogen-bond acceptors (Lipinski definition) is 7. The predicted octanol–water partition coefficient (Wildman–Crippen LogP) is 4.89. The topological polar surface area (TPSA) is 109 Å². The van der Waals surface area contributed by atoms with E-state index in [0.717, 1.165) is 37.0 Å². The van der Waals surface area contributed by atoms with Gasteiger partial charge in [-0.3, -0.25) is 14.6 Å². The average Bonchev–Trinajstić information content (AvgIpc) is 3.49. The largest absolute Gasteiger partial charge is 0.458 e. The standard InChI is InChI=1S/C30H45NO6/c1-7-11-22-27(34)19(2)12-10-14-30(6)25(37-30)17-23(20(3)16-21-13-8-9-15-31-21)36-26(33)18-24(32)29(4,5)28(22)35/h8-9,13,15-16,19,22-25,27,32,34H,7,10-12,14,17-18H2,1-6H3/b20-16+/t19-,22-,23+,24+,25-,27-,30-/m1/s1. The Labute approximate surface area is 221 Å². The van der Waals surface area contributed by atoms with E-state index >= 15 is 0 Å². The molecule has 0 bridgehead atoms. The number of fused-ring (bicyclic) bond motifs is 1. The van der Waals surface area contributed by atoms with E-state index < -0.39 is 35.6 Å². The second-order valence-corrected chi connectivity index (χ2v) is 11.8. The minimum absolute atomic E-state index is 0.0544. The number of epoxide rings is 1. The van der Waals surface area contributed by atoms with Gasteiger partial charge < -0.3 is 19.7 Å². The van der Waals surface area contributed by atoms with E-state index in [-0.39, 0.29) is 29.8 Å². The lowest BCUT2D eigenvalue weighted by atomic mass is 9.71. The number of rotatable bonds is 4. The smallest absolute Gasteiger partial charge is 0.309 e. The third-order valence-electron chi connectivity index (χ3n) is 8.40. The molecule has 37 heavy (non-hydrogen) atoms. The van der Waals surface area contributed by atoms with Crippen molar-refractivity contribution in [2.45, 2.75) is 117 Å². The van der Waals surface area contributed by atoms with Crippen molar-refractivity contribution in [1.82, 2.24) is 4.98 Å². The van der Waals surface area contributed by atoms with E-state index in [9.17, 15) is 19.8 Å². The zero-order valence-electron chi connectivity index (χ0n) is 23.3. The van der Waals surface area contributed by atoms with Crippen LogP contribution in [0, 0.1) is 17.3 Å². The van der Waals surface area contributed by atoms with Crippen molar-refractivity contribution in [3.8, 4) is 0 Å². The highest BCUT2D eigenvalue weighted by Crippen LogP contribution is 2.45. The first-order valence-corrected chi connectivity index (χ1v) is 13.8. The number of carbonyl (C=O) groups is 2. The van der Waals surface area contributed by atoms with Crippen LogP contribution >= 0.6 is 0 Å². The number of carbonyl (C=O) groups excluding carboxylic acids is 2. The van der Waals surface area contributed by atoms with Crippen molar-refractivity contribution in [3.05, 3.63) is 35.7 Å². The molecule has 2 aliphatic heterocycles. The van der Waals surface area contributed by atoms with Gasteiger partial charge in [-0.05, 0) is 62.8 Å². The van der Waals surface area contributed by atoms with E-state index in [1.165, 1.54) is 0 Å². The number of aromatic nitrogens is 1. The van der Waals surface area contributed by atoms with Crippen LogP contribution in [0.5, 0.6) is 0 Å². The second kappa shape index (κ2) is 12.2. The molecule has 0 unspecified atom stereocenters. The molecule has 0 aliphatic carbocycles. The lowest BCUT2D eigenvalue weighted by molar-refractivity contribution is -0.154. The summed E-state index contributed by atoms with van der Waals surface area (Å²) in [4.78, 5) is 31.0. The minimum Gasteiger partial charge on any atom is -0.458 e. The molecule has 0 aromatic carbocycles. The summed E-state index contributed by atoms with van der Waals surface area (Å²) in [6.07, 6.45) is 4.94. The molecule has 2 saturated heterocycles. The maximum absolute atomic E-state index is 13.6. The number of ketones is 1. The summed E-state index contributed by atoms with van der Waals surface area (Å²) < 4.78 is 12.0. The Bertz CT molecular complexity index is 960. The monoisotopic (exact) mass is 515 g/mol. The van der Waals surface area contributed by atoms with Gasteiger partial charge in [0.2, 0.25) is 0 Å².